The number of amides is 5. The molecule has 1 heterocycles. The number of nitrogens with one attached hydrogen (secondary N) is 3. The van der Waals surface area contributed by atoms with Gasteiger partial charge in [0.15, 0.2) is 0 Å². The van der Waals surface area contributed by atoms with Crippen LogP contribution in [0.2, 0.25) is 5.02 Å². The predicted octanol–water partition coefficient (Wildman–Crippen LogP) is 1.18. The maximum absolute atomic E-state index is 12.2. The Morgan fingerprint density at radius 3 is 1.93 bits per heavy atom. The van der Waals surface area contributed by atoms with Crippen molar-refractivity contribution in [2.75, 3.05) is 11.4 Å². The Kier molecular flexibility index (Phi) is 6.43. The first kappa shape index (κ1) is 21.0. The second kappa shape index (κ2) is 9.19. The Hall–Kier alpha value is -3.72. The van der Waals surface area contributed by atoms with Crippen LogP contribution in [-0.4, -0.2) is 36.1 Å². The first-order valence-corrected chi connectivity index (χ1v) is 9.32. The number of hydrogen-bond donors (Lipinski definition) is 3. The van der Waals surface area contributed by atoms with Gasteiger partial charge < -0.3 is 5.32 Å². The molecule has 1 aliphatic heterocycles. The Balaban J connectivity index is 1.47. The molecular weight excluding hydrogens is 412 g/mol. The third-order valence-electron chi connectivity index (χ3n) is 4.27. The van der Waals surface area contributed by atoms with E-state index < -0.39 is 17.7 Å². The molecule has 0 saturated carbocycles. The van der Waals surface area contributed by atoms with E-state index in [0.717, 1.165) is 4.90 Å². The van der Waals surface area contributed by atoms with Crippen LogP contribution in [0.3, 0.4) is 0 Å². The van der Waals surface area contributed by atoms with Gasteiger partial charge in [-0.05, 0) is 48.5 Å². The van der Waals surface area contributed by atoms with Crippen molar-refractivity contribution in [1.29, 1.82) is 0 Å². The smallest absolute Gasteiger partial charge is 0.269 e. The maximum Gasteiger partial charge on any atom is 0.269 e. The minimum atomic E-state index is -0.629. The van der Waals surface area contributed by atoms with E-state index in [0.29, 0.717) is 16.3 Å². The molecule has 0 spiro atoms. The quantitative estimate of drug-likeness (QED) is 0.487. The molecule has 1 saturated heterocycles. The summed E-state index contributed by atoms with van der Waals surface area (Å²) in [6, 6.07) is 12.0. The van der Waals surface area contributed by atoms with Crippen LogP contribution in [0.1, 0.15) is 33.6 Å². The number of carbonyl (C=O) groups is 5. The fraction of sp³-hybridized carbons (Fsp3) is 0.150. The Morgan fingerprint density at radius 2 is 1.33 bits per heavy atom. The van der Waals surface area contributed by atoms with E-state index >= 15 is 0 Å². The second-order valence-corrected chi connectivity index (χ2v) is 6.80. The summed E-state index contributed by atoms with van der Waals surface area (Å²) in [4.78, 5) is 60.5. The number of anilines is 1. The van der Waals surface area contributed by atoms with Gasteiger partial charge in [0.05, 0.1) is 12.2 Å². The lowest BCUT2D eigenvalue weighted by Gasteiger charge is -2.14. The number of benzene rings is 2. The van der Waals surface area contributed by atoms with Crippen LogP contribution in [0.5, 0.6) is 0 Å². The highest BCUT2D eigenvalue weighted by Crippen LogP contribution is 2.22. The standard InChI is InChI=1S/C20H17ClN4O5/c21-14-5-1-13(2-6-14)20(30)24-23-16(26)11-22-19(29)12-3-7-15(8-4-12)25-17(27)9-10-18(25)28/h1-8H,9-11H2,(H,22,29)(H,23,26)(H,24,30). The van der Waals surface area contributed by atoms with Crippen LogP contribution in [-0.2, 0) is 14.4 Å². The summed E-state index contributed by atoms with van der Waals surface area (Å²) in [5, 5.41) is 2.89. The van der Waals surface area contributed by atoms with Gasteiger partial charge in [-0.15, -0.1) is 0 Å². The number of nitrogens with zero attached hydrogens (tertiary/aromatic N) is 1. The lowest BCUT2D eigenvalue weighted by Crippen LogP contribution is -2.46. The lowest BCUT2D eigenvalue weighted by molar-refractivity contribution is -0.122. The number of hydrogen-bond acceptors (Lipinski definition) is 5. The third-order valence-corrected chi connectivity index (χ3v) is 4.52. The van der Waals surface area contributed by atoms with Gasteiger partial charge in [0.25, 0.3) is 17.7 Å². The van der Waals surface area contributed by atoms with Crippen molar-refractivity contribution >= 4 is 46.8 Å². The van der Waals surface area contributed by atoms with Gasteiger partial charge in [0.1, 0.15) is 0 Å². The lowest BCUT2D eigenvalue weighted by atomic mass is 10.2. The van der Waals surface area contributed by atoms with Crippen LogP contribution in [0.25, 0.3) is 0 Å². The highest BCUT2D eigenvalue weighted by molar-refractivity contribution is 6.30. The fourth-order valence-electron chi connectivity index (χ4n) is 2.73. The molecule has 154 valence electrons. The minimum Gasteiger partial charge on any atom is -0.343 e. The summed E-state index contributed by atoms with van der Waals surface area (Å²) >= 11 is 5.75. The molecule has 0 radical (unpaired) electrons. The summed E-state index contributed by atoms with van der Waals surface area (Å²) in [6.45, 7) is -0.370. The Morgan fingerprint density at radius 1 is 0.800 bits per heavy atom. The highest BCUT2D eigenvalue weighted by Gasteiger charge is 2.30. The molecule has 1 aliphatic rings. The molecule has 2 aromatic rings. The van der Waals surface area contributed by atoms with E-state index in [9.17, 15) is 24.0 Å². The topological polar surface area (TPSA) is 125 Å². The molecule has 0 unspecified atom stereocenters. The van der Waals surface area contributed by atoms with Crippen molar-refractivity contribution < 1.29 is 24.0 Å². The second-order valence-electron chi connectivity index (χ2n) is 6.36. The average molecular weight is 429 g/mol. The van der Waals surface area contributed by atoms with E-state index in [1.807, 2.05) is 0 Å². The van der Waals surface area contributed by atoms with E-state index in [2.05, 4.69) is 16.2 Å². The highest BCUT2D eigenvalue weighted by atomic mass is 35.5. The van der Waals surface area contributed by atoms with Crippen molar-refractivity contribution in [3.63, 3.8) is 0 Å². The number of rotatable bonds is 5. The minimum absolute atomic E-state index is 0.171. The van der Waals surface area contributed by atoms with Crippen LogP contribution in [0, 0.1) is 0 Å². The van der Waals surface area contributed by atoms with Crippen molar-refractivity contribution in [2.45, 2.75) is 12.8 Å². The molecule has 0 bridgehead atoms. The van der Waals surface area contributed by atoms with E-state index in [-0.39, 0.29) is 36.8 Å². The number of hydrazine groups is 1. The average Bonchev–Trinajstić information content (AvgIpc) is 3.08. The first-order valence-electron chi connectivity index (χ1n) is 8.94. The summed E-state index contributed by atoms with van der Waals surface area (Å²) in [5.74, 6) is -2.26. The zero-order chi connectivity index (χ0) is 21.7. The van der Waals surface area contributed by atoms with Crippen LogP contribution < -0.4 is 21.1 Å². The molecule has 1 fully saturated rings. The molecule has 3 N–H and O–H groups in total. The molecule has 9 nitrogen and oxygen atoms in total. The number of imide groups is 1. The van der Waals surface area contributed by atoms with Crippen LogP contribution >= 0.6 is 11.6 Å². The largest absolute Gasteiger partial charge is 0.343 e. The van der Waals surface area contributed by atoms with Crippen molar-refractivity contribution in [1.82, 2.24) is 16.2 Å². The molecule has 2 aromatic carbocycles. The van der Waals surface area contributed by atoms with E-state index in [4.69, 9.17) is 11.6 Å². The van der Waals surface area contributed by atoms with Crippen LogP contribution in [0.15, 0.2) is 48.5 Å². The summed E-state index contributed by atoms with van der Waals surface area (Å²) < 4.78 is 0. The third kappa shape index (κ3) is 5.00. The SMILES string of the molecule is O=C(CNC(=O)c1ccc(N2C(=O)CCC2=O)cc1)NNC(=O)c1ccc(Cl)cc1. The maximum atomic E-state index is 12.2. The molecular formula is C20H17ClN4O5. The van der Waals surface area contributed by atoms with Gasteiger partial charge in [-0.2, -0.15) is 0 Å². The van der Waals surface area contributed by atoms with Gasteiger partial charge in [-0.3, -0.25) is 39.7 Å². The number of carbonyl (C=O) groups excluding carboxylic acids is 5. The molecule has 30 heavy (non-hydrogen) atoms. The van der Waals surface area contributed by atoms with Gasteiger partial charge in [-0.1, -0.05) is 11.6 Å². The summed E-state index contributed by atoms with van der Waals surface area (Å²) in [7, 11) is 0. The fourth-order valence-corrected chi connectivity index (χ4v) is 2.86. The monoisotopic (exact) mass is 428 g/mol. The van der Waals surface area contributed by atoms with Crippen molar-refractivity contribution in [2.24, 2.45) is 0 Å². The van der Waals surface area contributed by atoms with Gasteiger partial charge >= 0.3 is 0 Å². The molecule has 0 aliphatic carbocycles. The van der Waals surface area contributed by atoms with Crippen LogP contribution in [0.4, 0.5) is 5.69 Å². The molecule has 0 aromatic heterocycles. The van der Waals surface area contributed by atoms with E-state index in [1.54, 1.807) is 12.1 Å². The molecule has 10 heteroatoms. The zero-order valence-electron chi connectivity index (χ0n) is 15.6. The van der Waals surface area contributed by atoms with E-state index in [1.165, 1.54) is 36.4 Å². The molecule has 0 atom stereocenters. The Bertz CT molecular complexity index is 989. The number of halogens is 1. The Labute approximate surface area is 176 Å². The first-order chi connectivity index (χ1) is 14.3. The van der Waals surface area contributed by atoms with Gasteiger partial charge in [-0.25, -0.2) is 0 Å². The van der Waals surface area contributed by atoms with Gasteiger partial charge in [0.2, 0.25) is 11.8 Å². The zero-order valence-corrected chi connectivity index (χ0v) is 16.4. The van der Waals surface area contributed by atoms with Gasteiger partial charge in [0, 0.05) is 29.0 Å². The summed E-state index contributed by atoms with van der Waals surface area (Å²) in [6.07, 6.45) is 0.343. The predicted molar refractivity (Wildman–Crippen MR) is 108 cm³/mol. The van der Waals surface area contributed by atoms with Crippen molar-refractivity contribution in [3.8, 4) is 0 Å². The molecule has 3 rings (SSSR count). The normalized spacial score (nSPS) is 13.2. The molecule has 5 amide bonds. The summed E-state index contributed by atoms with van der Waals surface area (Å²) in [5.41, 5.74) is 5.36. The van der Waals surface area contributed by atoms with Crippen molar-refractivity contribution in [3.05, 3.63) is 64.7 Å².